The van der Waals surface area contributed by atoms with E-state index in [1.54, 1.807) is 0 Å². The topological polar surface area (TPSA) is 86.2 Å². The van der Waals surface area contributed by atoms with Gasteiger partial charge in [-0.3, -0.25) is 9.59 Å². The van der Waals surface area contributed by atoms with Crippen LogP contribution >= 0.6 is 0 Å². The summed E-state index contributed by atoms with van der Waals surface area (Å²) in [7, 11) is 0. The van der Waals surface area contributed by atoms with Gasteiger partial charge in [0.15, 0.2) is 6.17 Å². The minimum Gasteiger partial charge on any atom is -0.367 e. The molecule has 4 N–H and O–H groups in total. The number of alkyl halides is 1. The highest BCUT2D eigenvalue weighted by atomic mass is 18.2. The number of carbonyl (C=O) groups excluding carboxylic acids is 2. The molecule has 0 fully saturated rings. The zero-order chi connectivity index (χ0) is 9.02. The number of Topliss-reactive ketones (excluding diaryl/α,β-unsaturated/α-hetero) is 1. The average molecular weight is 161 g/mol. The molecule has 64 valence electrons. The molecule has 0 aliphatic rings. The molecule has 0 radical (unpaired) electrons. The summed E-state index contributed by atoms with van der Waals surface area (Å²) in [4.78, 5) is 20.6. The molecular formula is C6H11FN2O2. The molecule has 0 aromatic carbocycles. The lowest BCUT2D eigenvalue weighted by molar-refractivity contribution is -0.124. The lowest BCUT2D eigenvalue weighted by Gasteiger charge is -2.08. The first-order valence-corrected chi connectivity index (χ1v) is 3.14. The Morgan fingerprint density at radius 3 is 2.27 bits per heavy atom. The van der Waals surface area contributed by atoms with E-state index in [2.05, 4.69) is 5.73 Å². The largest absolute Gasteiger partial charge is 0.367 e. The Morgan fingerprint density at radius 1 is 1.55 bits per heavy atom. The Hall–Kier alpha value is -0.970. The van der Waals surface area contributed by atoms with Gasteiger partial charge in [0.1, 0.15) is 5.78 Å². The van der Waals surface area contributed by atoms with Crippen LogP contribution in [0.3, 0.4) is 0 Å². The number of primary amides is 1. The summed E-state index contributed by atoms with van der Waals surface area (Å²) < 4.78 is 12.4. The predicted molar refractivity (Wildman–Crippen MR) is 37.4 cm³/mol. The minimum absolute atomic E-state index is 0.329. The maximum Gasteiger partial charge on any atom is 0.252 e. The van der Waals surface area contributed by atoms with Crippen molar-refractivity contribution in [1.29, 1.82) is 0 Å². The molecule has 0 aliphatic carbocycles. The van der Waals surface area contributed by atoms with Crippen molar-refractivity contribution in [2.45, 2.75) is 25.6 Å². The average Bonchev–Trinajstić information content (AvgIpc) is 1.87. The van der Waals surface area contributed by atoms with Gasteiger partial charge < -0.3 is 11.5 Å². The molecule has 0 unspecified atom stereocenters. The van der Waals surface area contributed by atoms with Gasteiger partial charge in [-0.25, -0.2) is 4.39 Å². The Kier molecular flexibility index (Phi) is 3.67. The number of hydrogen-bond acceptors (Lipinski definition) is 3. The van der Waals surface area contributed by atoms with Crippen LogP contribution in [-0.4, -0.2) is 23.9 Å². The van der Waals surface area contributed by atoms with Crippen LogP contribution in [0.4, 0.5) is 4.39 Å². The molecular weight excluding hydrogens is 150 g/mol. The molecule has 2 atom stereocenters. The highest BCUT2D eigenvalue weighted by molar-refractivity contribution is 5.83. The molecule has 4 nitrogen and oxygen atoms in total. The van der Waals surface area contributed by atoms with Gasteiger partial charge in [0, 0.05) is 6.42 Å². The van der Waals surface area contributed by atoms with Crippen LogP contribution in [0, 0.1) is 0 Å². The van der Waals surface area contributed by atoms with Gasteiger partial charge in [-0.05, 0) is 6.92 Å². The standard InChI is InChI=1S/C6H11FN2O2/c1-3(10)5(8)2-4(7)6(9)11/h4-5H,2,8H2,1H3,(H2,9,11)/t4-,5-/m0/s1/i7-1. The van der Waals surface area contributed by atoms with E-state index in [1.807, 2.05) is 0 Å². The van der Waals surface area contributed by atoms with Crippen LogP contribution < -0.4 is 11.5 Å². The van der Waals surface area contributed by atoms with Crippen LogP contribution in [0.25, 0.3) is 0 Å². The molecule has 0 aromatic rings. The smallest absolute Gasteiger partial charge is 0.252 e. The fourth-order valence-corrected chi connectivity index (χ4v) is 0.505. The zero-order valence-electron chi connectivity index (χ0n) is 6.21. The predicted octanol–water partition coefficient (Wildman–Crippen LogP) is -0.884. The van der Waals surface area contributed by atoms with Crippen molar-refractivity contribution in [2.75, 3.05) is 0 Å². The normalized spacial score (nSPS) is 15.5. The Balaban J connectivity index is 3.84. The second-order valence-electron chi connectivity index (χ2n) is 2.32. The first-order chi connectivity index (χ1) is 4.95. The first-order valence-electron chi connectivity index (χ1n) is 3.14. The third kappa shape index (κ3) is 3.67. The van der Waals surface area contributed by atoms with Crippen molar-refractivity contribution >= 4 is 11.7 Å². The van der Waals surface area contributed by atoms with Crippen LogP contribution in [0.1, 0.15) is 13.3 Å². The number of rotatable bonds is 4. The molecule has 0 bridgehead atoms. The van der Waals surface area contributed by atoms with Gasteiger partial charge in [-0.15, -0.1) is 0 Å². The fourth-order valence-electron chi connectivity index (χ4n) is 0.505. The summed E-state index contributed by atoms with van der Waals surface area (Å²) in [6.45, 7) is 1.23. The Labute approximate surface area is 63.7 Å². The SMILES string of the molecule is CC(=O)[C@@H](N)C[C@H]([18F])C(N)=O. The second kappa shape index (κ2) is 4.02. The Morgan fingerprint density at radius 2 is 2.00 bits per heavy atom. The highest BCUT2D eigenvalue weighted by Crippen LogP contribution is 2.00. The number of amides is 1. The second-order valence-corrected chi connectivity index (χ2v) is 2.32. The van der Waals surface area contributed by atoms with Crippen LogP contribution in [0.2, 0.25) is 0 Å². The van der Waals surface area contributed by atoms with Gasteiger partial charge in [-0.1, -0.05) is 0 Å². The fraction of sp³-hybridized carbons (Fsp3) is 0.667. The summed E-state index contributed by atoms with van der Waals surface area (Å²) in [5.41, 5.74) is 9.76. The Bertz CT molecular complexity index is 154. The quantitative estimate of drug-likeness (QED) is 0.561. The van der Waals surface area contributed by atoms with Crippen molar-refractivity contribution in [3.05, 3.63) is 0 Å². The van der Waals surface area contributed by atoms with Crippen molar-refractivity contribution in [3.63, 3.8) is 0 Å². The van der Waals surface area contributed by atoms with Crippen molar-refractivity contribution < 1.29 is 14.0 Å². The molecule has 1 amide bonds. The summed E-state index contributed by atoms with van der Waals surface area (Å²) >= 11 is 0. The van der Waals surface area contributed by atoms with Crippen molar-refractivity contribution in [2.24, 2.45) is 11.5 Å². The maximum absolute atomic E-state index is 12.4. The number of ketones is 1. The van der Waals surface area contributed by atoms with E-state index in [0.29, 0.717) is 0 Å². The van der Waals surface area contributed by atoms with E-state index in [9.17, 15) is 14.0 Å². The van der Waals surface area contributed by atoms with Crippen LogP contribution in [0.5, 0.6) is 0 Å². The van der Waals surface area contributed by atoms with Gasteiger partial charge in [0.05, 0.1) is 6.04 Å². The van der Waals surface area contributed by atoms with Gasteiger partial charge in [-0.2, -0.15) is 0 Å². The van der Waals surface area contributed by atoms with E-state index in [0.717, 1.165) is 0 Å². The van der Waals surface area contributed by atoms with E-state index >= 15 is 0 Å². The zero-order valence-corrected chi connectivity index (χ0v) is 6.21. The third-order valence-electron chi connectivity index (χ3n) is 1.29. The van der Waals surface area contributed by atoms with E-state index in [-0.39, 0.29) is 12.2 Å². The molecule has 0 aliphatic heterocycles. The van der Waals surface area contributed by atoms with Gasteiger partial charge >= 0.3 is 0 Å². The highest BCUT2D eigenvalue weighted by Gasteiger charge is 2.19. The maximum atomic E-state index is 12.4. The van der Waals surface area contributed by atoms with Gasteiger partial charge in [0.25, 0.3) is 5.91 Å². The van der Waals surface area contributed by atoms with E-state index in [4.69, 9.17) is 5.73 Å². The lowest BCUT2D eigenvalue weighted by Crippen LogP contribution is -2.36. The van der Waals surface area contributed by atoms with Gasteiger partial charge in [0.2, 0.25) is 0 Å². The number of hydrogen-bond donors (Lipinski definition) is 2. The van der Waals surface area contributed by atoms with E-state index in [1.165, 1.54) is 6.92 Å². The molecule has 0 rings (SSSR count). The third-order valence-corrected chi connectivity index (χ3v) is 1.29. The van der Waals surface area contributed by atoms with Crippen molar-refractivity contribution in [3.8, 4) is 0 Å². The summed E-state index contributed by atoms with van der Waals surface area (Å²) in [6, 6.07) is -0.933. The molecule has 0 saturated carbocycles. The molecule has 0 heterocycles. The molecule has 5 heteroatoms. The number of nitrogens with two attached hydrogens (primary N) is 2. The molecule has 0 saturated heterocycles. The first kappa shape index (κ1) is 10.0. The molecule has 0 spiro atoms. The lowest BCUT2D eigenvalue weighted by atomic mass is 10.1. The van der Waals surface area contributed by atoms with Crippen molar-refractivity contribution in [1.82, 2.24) is 0 Å². The van der Waals surface area contributed by atoms with Crippen LogP contribution in [-0.2, 0) is 9.59 Å². The van der Waals surface area contributed by atoms with E-state index < -0.39 is 18.1 Å². The number of carbonyl (C=O) groups is 2. The monoisotopic (exact) mass is 161 g/mol. The molecule has 0 aromatic heterocycles. The summed E-state index contributed by atoms with van der Waals surface area (Å²) in [6.07, 6.45) is -2.15. The number of halogens is 1. The minimum atomic E-state index is -1.83. The summed E-state index contributed by atoms with van der Waals surface area (Å²) in [5.74, 6) is -1.43. The summed E-state index contributed by atoms with van der Waals surface area (Å²) in [5, 5.41) is 0. The van der Waals surface area contributed by atoms with Crippen LogP contribution in [0.15, 0.2) is 0 Å². The molecule has 11 heavy (non-hydrogen) atoms.